The molecule has 2 rings (SSSR count). The number of amides is 2. The SMILES string of the molecule is CCCCNC(=O)CN1C(=O)/C(=C\c2ccc(OCC)cc2)SC1=S. The highest BCUT2D eigenvalue weighted by Crippen LogP contribution is 2.32. The van der Waals surface area contributed by atoms with Crippen LogP contribution >= 0.6 is 24.0 Å². The highest BCUT2D eigenvalue weighted by atomic mass is 32.2. The van der Waals surface area contributed by atoms with Gasteiger partial charge in [-0.25, -0.2) is 0 Å². The van der Waals surface area contributed by atoms with Crippen molar-refractivity contribution in [2.24, 2.45) is 0 Å². The van der Waals surface area contributed by atoms with Gasteiger partial charge in [0.25, 0.3) is 5.91 Å². The zero-order chi connectivity index (χ0) is 18.2. The summed E-state index contributed by atoms with van der Waals surface area (Å²) in [4.78, 5) is 26.3. The van der Waals surface area contributed by atoms with Gasteiger partial charge in [-0.2, -0.15) is 0 Å². The average molecular weight is 379 g/mol. The molecule has 134 valence electrons. The second kappa shape index (κ2) is 9.58. The summed E-state index contributed by atoms with van der Waals surface area (Å²) >= 11 is 6.47. The van der Waals surface area contributed by atoms with E-state index in [0.717, 1.165) is 24.2 Å². The Kier molecular flexibility index (Phi) is 7.46. The normalized spacial score (nSPS) is 15.8. The molecule has 5 nitrogen and oxygen atoms in total. The van der Waals surface area contributed by atoms with Crippen molar-refractivity contribution in [2.75, 3.05) is 19.7 Å². The van der Waals surface area contributed by atoms with E-state index in [9.17, 15) is 9.59 Å². The number of nitrogens with one attached hydrogen (secondary N) is 1. The van der Waals surface area contributed by atoms with Crippen LogP contribution in [-0.4, -0.2) is 40.7 Å². The lowest BCUT2D eigenvalue weighted by Crippen LogP contribution is -2.39. The zero-order valence-corrected chi connectivity index (χ0v) is 16.0. The number of thiocarbonyl (C=S) groups is 1. The van der Waals surface area contributed by atoms with E-state index in [2.05, 4.69) is 12.2 Å². The number of ether oxygens (including phenoxy) is 1. The van der Waals surface area contributed by atoms with E-state index in [1.165, 1.54) is 16.7 Å². The number of carbonyl (C=O) groups is 2. The van der Waals surface area contributed by atoms with Gasteiger partial charge < -0.3 is 10.1 Å². The fourth-order valence-corrected chi connectivity index (χ4v) is 3.47. The van der Waals surface area contributed by atoms with Crippen molar-refractivity contribution < 1.29 is 14.3 Å². The standard InChI is InChI=1S/C18H22N2O3S2/c1-3-5-10-19-16(21)12-20-17(22)15(25-18(20)24)11-13-6-8-14(9-7-13)23-4-2/h6-9,11H,3-5,10,12H2,1-2H3,(H,19,21)/b15-11+. The summed E-state index contributed by atoms with van der Waals surface area (Å²) < 4.78 is 5.81. The van der Waals surface area contributed by atoms with E-state index < -0.39 is 0 Å². The molecule has 0 spiro atoms. The molecule has 0 radical (unpaired) electrons. The fourth-order valence-electron chi connectivity index (χ4n) is 2.22. The summed E-state index contributed by atoms with van der Waals surface area (Å²) in [6, 6.07) is 7.48. The van der Waals surface area contributed by atoms with Crippen LogP contribution in [0.4, 0.5) is 0 Å². The van der Waals surface area contributed by atoms with Crippen LogP contribution in [0.2, 0.25) is 0 Å². The molecule has 0 aliphatic carbocycles. The Balaban J connectivity index is 2.00. The summed E-state index contributed by atoms with van der Waals surface area (Å²) in [6.07, 6.45) is 3.71. The smallest absolute Gasteiger partial charge is 0.266 e. The molecule has 1 aromatic rings. The minimum Gasteiger partial charge on any atom is -0.494 e. The number of thioether (sulfide) groups is 1. The Morgan fingerprint density at radius 2 is 2.04 bits per heavy atom. The van der Waals surface area contributed by atoms with Gasteiger partial charge in [-0.05, 0) is 37.1 Å². The third-order valence-corrected chi connectivity index (χ3v) is 4.89. The van der Waals surface area contributed by atoms with Gasteiger partial charge in [-0.1, -0.05) is 49.5 Å². The van der Waals surface area contributed by atoms with E-state index in [1.54, 1.807) is 6.08 Å². The topological polar surface area (TPSA) is 58.6 Å². The quantitative estimate of drug-likeness (QED) is 0.428. The van der Waals surface area contributed by atoms with Crippen LogP contribution in [0.25, 0.3) is 6.08 Å². The van der Waals surface area contributed by atoms with Gasteiger partial charge in [0.2, 0.25) is 5.91 Å². The van der Waals surface area contributed by atoms with Crippen molar-refractivity contribution >= 4 is 46.2 Å². The number of carbonyl (C=O) groups excluding carboxylic acids is 2. The maximum Gasteiger partial charge on any atom is 0.266 e. The Morgan fingerprint density at radius 3 is 2.68 bits per heavy atom. The first-order valence-corrected chi connectivity index (χ1v) is 9.52. The van der Waals surface area contributed by atoms with Gasteiger partial charge in [-0.3, -0.25) is 14.5 Å². The summed E-state index contributed by atoms with van der Waals surface area (Å²) in [5.41, 5.74) is 0.886. The van der Waals surface area contributed by atoms with Gasteiger partial charge in [-0.15, -0.1) is 0 Å². The molecule has 0 aromatic heterocycles. The Morgan fingerprint density at radius 1 is 1.32 bits per heavy atom. The minimum absolute atomic E-state index is 0.0327. The molecule has 1 saturated heterocycles. The Labute approximate surface area is 157 Å². The number of rotatable bonds is 8. The van der Waals surface area contributed by atoms with Gasteiger partial charge in [0.15, 0.2) is 0 Å². The average Bonchev–Trinajstić information content (AvgIpc) is 2.85. The fraction of sp³-hybridized carbons (Fsp3) is 0.389. The van der Waals surface area contributed by atoms with Crippen LogP contribution in [0.3, 0.4) is 0 Å². The number of nitrogens with zero attached hydrogens (tertiary/aromatic N) is 1. The lowest BCUT2D eigenvalue weighted by molar-refractivity contribution is -0.128. The van der Waals surface area contributed by atoms with Crippen molar-refractivity contribution in [2.45, 2.75) is 26.7 Å². The van der Waals surface area contributed by atoms with E-state index in [1.807, 2.05) is 31.2 Å². The van der Waals surface area contributed by atoms with E-state index in [0.29, 0.717) is 22.4 Å². The van der Waals surface area contributed by atoms with Crippen molar-refractivity contribution in [3.05, 3.63) is 34.7 Å². The Hall–Kier alpha value is -1.86. The first kappa shape index (κ1) is 19.5. The van der Waals surface area contributed by atoms with E-state index in [-0.39, 0.29) is 18.4 Å². The number of unbranched alkanes of at least 4 members (excludes halogenated alkanes) is 1. The maximum absolute atomic E-state index is 12.5. The van der Waals surface area contributed by atoms with Crippen molar-refractivity contribution in [3.63, 3.8) is 0 Å². The third kappa shape index (κ3) is 5.57. The summed E-state index contributed by atoms with van der Waals surface area (Å²) in [6.45, 7) is 5.18. The molecule has 1 aliphatic rings. The lowest BCUT2D eigenvalue weighted by atomic mass is 10.2. The van der Waals surface area contributed by atoms with E-state index in [4.69, 9.17) is 17.0 Å². The van der Waals surface area contributed by atoms with Crippen LogP contribution < -0.4 is 10.1 Å². The molecule has 1 heterocycles. The van der Waals surface area contributed by atoms with Gasteiger partial charge in [0.1, 0.15) is 16.6 Å². The van der Waals surface area contributed by atoms with Crippen LogP contribution in [0.15, 0.2) is 29.2 Å². The molecular weight excluding hydrogens is 356 g/mol. The molecule has 7 heteroatoms. The minimum atomic E-state index is -0.227. The first-order valence-electron chi connectivity index (χ1n) is 8.30. The summed E-state index contributed by atoms with van der Waals surface area (Å²) in [5, 5.41) is 2.80. The predicted molar refractivity (Wildman–Crippen MR) is 105 cm³/mol. The molecule has 1 aromatic carbocycles. The highest BCUT2D eigenvalue weighted by Gasteiger charge is 2.33. The largest absolute Gasteiger partial charge is 0.494 e. The molecule has 0 bridgehead atoms. The van der Waals surface area contributed by atoms with Crippen molar-refractivity contribution in [1.82, 2.24) is 10.2 Å². The summed E-state index contributed by atoms with van der Waals surface area (Å²) in [5.74, 6) is 0.373. The molecule has 0 atom stereocenters. The number of hydrogen-bond acceptors (Lipinski definition) is 5. The van der Waals surface area contributed by atoms with Crippen LogP contribution in [0.5, 0.6) is 5.75 Å². The van der Waals surface area contributed by atoms with Gasteiger partial charge in [0, 0.05) is 6.54 Å². The van der Waals surface area contributed by atoms with Crippen molar-refractivity contribution in [3.8, 4) is 5.75 Å². The van der Waals surface area contributed by atoms with Gasteiger partial charge >= 0.3 is 0 Å². The second-order valence-electron chi connectivity index (χ2n) is 5.47. The highest BCUT2D eigenvalue weighted by molar-refractivity contribution is 8.26. The van der Waals surface area contributed by atoms with E-state index >= 15 is 0 Å². The number of hydrogen-bond donors (Lipinski definition) is 1. The molecule has 0 saturated carbocycles. The second-order valence-corrected chi connectivity index (χ2v) is 7.15. The Bertz CT molecular complexity index is 671. The third-order valence-electron chi connectivity index (χ3n) is 3.52. The molecule has 0 unspecified atom stereocenters. The van der Waals surface area contributed by atoms with Crippen LogP contribution in [0, 0.1) is 0 Å². The molecule has 1 fully saturated rings. The zero-order valence-electron chi connectivity index (χ0n) is 14.4. The van der Waals surface area contributed by atoms with Crippen LogP contribution in [0.1, 0.15) is 32.3 Å². The monoisotopic (exact) mass is 378 g/mol. The first-order chi connectivity index (χ1) is 12.0. The van der Waals surface area contributed by atoms with Crippen LogP contribution in [-0.2, 0) is 9.59 Å². The van der Waals surface area contributed by atoms with Gasteiger partial charge in [0.05, 0.1) is 11.5 Å². The lowest BCUT2D eigenvalue weighted by Gasteiger charge is -2.13. The summed E-state index contributed by atoms with van der Waals surface area (Å²) in [7, 11) is 0. The maximum atomic E-state index is 12.5. The molecule has 1 aliphatic heterocycles. The van der Waals surface area contributed by atoms with Crippen molar-refractivity contribution in [1.29, 1.82) is 0 Å². The molecule has 1 N–H and O–H groups in total. The molecule has 25 heavy (non-hydrogen) atoms. The number of benzene rings is 1. The predicted octanol–water partition coefficient (Wildman–Crippen LogP) is 3.20. The molecule has 2 amide bonds. The molecular formula is C18H22N2O3S2.